The highest BCUT2D eigenvalue weighted by Gasteiger charge is 2.24. The number of fused-ring (bicyclic) bond motifs is 2. The van der Waals surface area contributed by atoms with Crippen molar-refractivity contribution in [3.05, 3.63) is 58.9 Å². The maximum absolute atomic E-state index is 13.4. The molecule has 1 heterocycles. The van der Waals surface area contributed by atoms with Gasteiger partial charge < -0.3 is 9.64 Å². The van der Waals surface area contributed by atoms with Crippen molar-refractivity contribution >= 4 is 17.4 Å². The first-order valence-electron chi connectivity index (χ1n) is 8.49. The fraction of sp³-hybridized carbons (Fsp3) is 0.300. The van der Waals surface area contributed by atoms with E-state index in [0.29, 0.717) is 24.3 Å². The quantitative estimate of drug-likeness (QED) is 0.862. The van der Waals surface area contributed by atoms with Crippen LogP contribution in [0.15, 0.2) is 36.4 Å². The minimum atomic E-state index is -0.285. The molecule has 1 amide bonds. The molecule has 128 valence electrons. The number of rotatable bonds is 3. The number of anilines is 1. The van der Waals surface area contributed by atoms with Gasteiger partial charge >= 0.3 is 0 Å². The third-order valence-electron chi connectivity index (χ3n) is 4.83. The van der Waals surface area contributed by atoms with Crippen molar-refractivity contribution in [3.8, 4) is 5.75 Å². The van der Waals surface area contributed by atoms with Gasteiger partial charge in [0.25, 0.3) is 5.91 Å². The molecule has 5 heteroatoms. The van der Waals surface area contributed by atoms with Crippen LogP contribution in [0.4, 0.5) is 10.1 Å². The molecular formula is C20H18FNO3. The third-order valence-corrected chi connectivity index (χ3v) is 4.83. The number of benzene rings is 2. The van der Waals surface area contributed by atoms with Gasteiger partial charge in [0.05, 0.1) is 0 Å². The summed E-state index contributed by atoms with van der Waals surface area (Å²) in [6, 6.07) is 9.91. The number of carbonyl (C=O) groups excluding carboxylic acids is 2. The lowest BCUT2D eigenvalue weighted by Crippen LogP contribution is -2.38. The van der Waals surface area contributed by atoms with Crippen LogP contribution in [0.5, 0.6) is 5.75 Å². The summed E-state index contributed by atoms with van der Waals surface area (Å²) in [6.45, 7) is 0.493. The number of hydrogen-bond donors (Lipinski definition) is 0. The van der Waals surface area contributed by atoms with Crippen LogP contribution >= 0.6 is 0 Å². The van der Waals surface area contributed by atoms with Gasteiger partial charge in [0, 0.05) is 24.2 Å². The predicted molar refractivity (Wildman–Crippen MR) is 91.7 cm³/mol. The third kappa shape index (κ3) is 3.02. The summed E-state index contributed by atoms with van der Waals surface area (Å²) in [5, 5.41) is 0. The molecule has 2 aliphatic rings. The average Bonchev–Trinajstić information content (AvgIpc) is 2.99. The topological polar surface area (TPSA) is 46.6 Å². The standard InChI is InChI=1S/C20H18FNO3/c21-15-5-7-18-14(10-15)2-1-9-22(18)20(24)12-25-16-6-3-13-4-8-19(23)17(13)11-16/h3,5-7,10-11H,1-2,4,8-9,12H2. The monoisotopic (exact) mass is 339 g/mol. The number of aryl methyl sites for hydroxylation is 2. The molecule has 0 aromatic heterocycles. The number of nitrogens with zero attached hydrogens (tertiary/aromatic N) is 1. The minimum absolute atomic E-state index is 0.107. The average molecular weight is 339 g/mol. The fourth-order valence-corrected chi connectivity index (χ4v) is 3.55. The van der Waals surface area contributed by atoms with E-state index in [1.165, 1.54) is 12.1 Å². The zero-order valence-corrected chi connectivity index (χ0v) is 13.8. The highest BCUT2D eigenvalue weighted by atomic mass is 19.1. The van der Waals surface area contributed by atoms with Crippen LogP contribution in [0.3, 0.4) is 0 Å². The van der Waals surface area contributed by atoms with Crippen molar-refractivity contribution in [2.24, 2.45) is 0 Å². The molecule has 0 spiro atoms. The maximum Gasteiger partial charge on any atom is 0.264 e. The number of amides is 1. The second kappa shape index (κ2) is 6.31. The van der Waals surface area contributed by atoms with Crippen molar-refractivity contribution in [3.63, 3.8) is 0 Å². The van der Waals surface area contributed by atoms with Gasteiger partial charge in [-0.2, -0.15) is 0 Å². The van der Waals surface area contributed by atoms with Gasteiger partial charge in [0.15, 0.2) is 12.4 Å². The van der Waals surface area contributed by atoms with Gasteiger partial charge in [0.1, 0.15) is 11.6 Å². The molecule has 0 bridgehead atoms. The minimum Gasteiger partial charge on any atom is -0.484 e. The molecule has 0 atom stereocenters. The molecule has 1 aliphatic heterocycles. The molecule has 0 radical (unpaired) electrons. The van der Waals surface area contributed by atoms with E-state index in [0.717, 1.165) is 36.1 Å². The fourth-order valence-electron chi connectivity index (χ4n) is 3.55. The van der Waals surface area contributed by atoms with E-state index in [1.54, 1.807) is 23.1 Å². The number of ketones is 1. The largest absolute Gasteiger partial charge is 0.484 e. The molecule has 1 aliphatic carbocycles. The predicted octanol–water partition coefficient (Wildman–Crippen LogP) is 3.31. The molecule has 0 unspecified atom stereocenters. The molecule has 0 saturated heterocycles. The summed E-state index contributed by atoms with van der Waals surface area (Å²) in [4.78, 5) is 26.0. The number of Topliss-reactive ketones (excluding diaryl/α,β-unsaturated/α-hetero) is 1. The Balaban J connectivity index is 1.47. The summed E-state index contributed by atoms with van der Waals surface area (Å²) < 4.78 is 19.0. The second-order valence-corrected chi connectivity index (χ2v) is 6.45. The molecule has 2 aromatic carbocycles. The Morgan fingerprint density at radius 2 is 1.96 bits per heavy atom. The van der Waals surface area contributed by atoms with E-state index < -0.39 is 0 Å². The Hall–Kier alpha value is -2.69. The molecule has 4 rings (SSSR count). The smallest absolute Gasteiger partial charge is 0.264 e. The Morgan fingerprint density at radius 3 is 2.84 bits per heavy atom. The molecule has 0 N–H and O–H groups in total. The zero-order chi connectivity index (χ0) is 17.4. The number of hydrogen-bond acceptors (Lipinski definition) is 3. The van der Waals surface area contributed by atoms with Gasteiger partial charge in [-0.05, 0) is 60.7 Å². The second-order valence-electron chi connectivity index (χ2n) is 6.45. The highest BCUT2D eigenvalue weighted by molar-refractivity contribution is 6.00. The Labute approximate surface area is 145 Å². The van der Waals surface area contributed by atoms with Crippen LogP contribution < -0.4 is 9.64 Å². The van der Waals surface area contributed by atoms with Gasteiger partial charge in [-0.25, -0.2) is 4.39 Å². The van der Waals surface area contributed by atoms with Crippen LogP contribution in [0.25, 0.3) is 0 Å². The normalized spacial score (nSPS) is 15.7. The molecule has 25 heavy (non-hydrogen) atoms. The van der Waals surface area contributed by atoms with Crippen molar-refractivity contribution in [1.82, 2.24) is 0 Å². The first-order valence-corrected chi connectivity index (χ1v) is 8.49. The van der Waals surface area contributed by atoms with Crippen molar-refractivity contribution in [2.75, 3.05) is 18.1 Å². The number of halogens is 1. The maximum atomic E-state index is 13.4. The lowest BCUT2D eigenvalue weighted by molar-refractivity contribution is -0.120. The number of ether oxygens (including phenoxy) is 1. The van der Waals surface area contributed by atoms with Gasteiger partial charge in [-0.1, -0.05) is 6.07 Å². The Kier molecular flexibility index (Phi) is 3.99. The lowest BCUT2D eigenvalue weighted by atomic mass is 10.0. The van der Waals surface area contributed by atoms with E-state index in [1.807, 2.05) is 6.07 Å². The van der Waals surface area contributed by atoms with Crippen LogP contribution in [0, 0.1) is 5.82 Å². The van der Waals surface area contributed by atoms with Crippen molar-refractivity contribution in [1.29, 1.82) is 0 Å². The highest BCUT2D eigenvalue weighted by Crippen LogP contribution is 2.29. The first kappa shape index (κ1) is 15.8. The number of carbonyl (C=O) groups is 2. The van der Waals surface area contributed by atoms with Crippen molar-refractivity contribution < 1.29 is 18.7 Å². The molecular weight excluding hydrogens is 321 g/mol. The van der Waals surface area contributed by atoms with Gasteiger partial charge in [-0.3, -0.25) is 9.59 Å². The summed E-state index contributed by atoms with van der Waals surface area (Å²) in [6.07, 6.45) is 2.88. The summed E-state index contributed by atoms with van der Waals surface area (Å²) >= 11 is 0. The lowest BCUT2D eigenvalue weighted by Gasteiger charge is -2.29. The van der Waals surface area contributed by atoms with Crippen LogP contribution in [0.1, 0.15) is 34.3 Å². The Bertz CT molecular complexity index is 862. The van der Waals surface area contributed by atoms with E-state index in [2.05, 4.69) is 0 Å². The van der Waals surface area contributed by atoms with Gasteiger partial charge in [-0.15, -0.1) is 0 Å². The van der Waals surface area contributed by atoms with Crippen LogP contribution in [-0.2, 0) is 17.6 Å². The van der Waals surface area contributed by atoms with Crippen LogP contribution in [0.2, 0.25) is 0 Å². The van der Waals surface area contributed by atoms with E-state index >= 15 is 0 Å². The van der Waals surface area contributed by atoms with E-state index in [9.17, 15) is 14.0 Å². The van der Waals surface area contributed by atoms with Crippen molar-refractivity contribution in [2.45, 2.75) is 25.7 Å². The van der Waals surface area contributed by atoms with E-state index in [-0.39, 0.29) is 24.1 Å². The van der Waals surface area contributed by atoms with E-state index in [4.69, 9.17) is 4.74 Å². The molecule has 2 aromatic rings. The summed E-state index contributed by atoms with van der Waals surface area (Å²) in [5.41, 5.74) is 3.34. The van der Waals surface area contributed by atoms with Gasteiger partial charge in [0.2, 0.25) is 0 Å². The Morgan fingerprint density at radius 1 is 1.08 bits per heavy atom. The molecule has 0 fully saturated rings. The SMILES string of the molecule is O=C1CCc2ccc(OCC(=O)N3CCCc4cc(F)ccc43)cc21. The van der Waals surface area contributed by atoms with Crippen LogP contribution in [-0.4, -0.2) is 24.8 Å². The summed E-state index contributed by atoms with van der Waals surface area (Å²) in [7, 11) is 0. The molecule has 4 nitrogen and oxygen atoms in total. The first-order chi connectivity index (χ1) is 12.1. The zero-order valence-electron chi connectivity index (χ0n) is 13.8. The summed E-state index contributed by atoms with van der Waals surface area (Å²) in [5.74, 6) is 0.198. The molecule has 0 saturated carbocycles.